The minimum absolute atomic E-state index is 0.0590. The maximum absolute atomic E-state index is 12.9. The van der Waals surface area contributed by atoms with E-state index in [0.717, 1.165) is 44.9 Å². The molecule has 7 rings (SSSR count). The minimum Gasteiger partial charge on any atom is -0.481 e. The van der Waals surface area contributed by atoms with Gasteiger partial charge in [0.2, 0.25) is 6.29 Å². The summed E-state index contributed by atoms with van der Waals surface area (Å²) < 4.78 is 18.8. The van der Waals surface area contributed by atoms with Gasteiger partial charge in [0.05, 0.1) is 18.1 Å². The number of fused-ring (bicyclic) bond motifs is 9. The molecule has 0 bridgehead atoms. The van der Waals surface area contributed by atoms with Gasteiger partial charge in [-0.05, 0) is 129 Å². The van der Waals surface area contributed by atoms with Crippen LogP contribution in [0.5, 0.6) is 0 Å². The highest BCUT2D eigenvalue weighted by Crippen LogP contribution is 2.78. The molecule has 0 aromatic carbocycles. The molecule has 5 saturated carbocycles. The highest BCUT2D eigenvalue weighted by atomic mass is 16.7. The Labute approximate surface area is 251 Å². The fraction of sp³-hybridized carbons (Fsp3) is 0.806. The van der Waals surface area contributed by atoms with E-state index in [0.29, 0.717) is 41.8 Å². The predicted molar refractivity (Wildman–Crippen MR) is 159 cm³/mol. The van der Waals surface area contributed by atoms with Crippen molar-refractivity contribution in [2.45, 2.75) is 118 Å². The van der Waals surface area contributed by atoms with Crippen LogP contribution in [-0.2, 0) is 20.9 Å². The molecular weight excluding hydrogens is 528 g/mol. The van der Waals surface area contributed by atoms with Crippen molar-refractivity contribution in [2.75, 3.05) is 6.61 Å². The number of allylic oxidation sites excluding steroid dienone is 1. The summed E-state index contributed by atoms with van der Waals surface area (Å²) in [5.41, 5.74) is 1.09. The smallest absolute Gasteiger partial charge is 0.309 e. The summed E-state index contributed by atoms with van der Waals surface area (Å²) in [5.74, 6) is 2.75. The Morgan fingerprint density at radius 2 is 1.71 bits per heavy atom. The zero-order valence-corrected chi connectivity index (χ0v) is 26.4. The van der Waals surface area contributed by atoms with E-state index in [9.17, 15) is 15.0 Å². The zero-order chi connectivity index (χ0) is 29.9. The fourth-order valence-electron chi connectivity index (χ4n) is 12.9. The van der Waals surface area contributed by atoms with E-state index >= 15 is 0 Å². The van der Waals surface area contributed by atoms with Crippen molar-refractivity contribution in [3.63, 3.8) is 0 Å². The summed E-state index contributed by atoms with van der Waals surface area (Å²) in [6.45, 7) is 17.2. The number of ether oxygens (including phenoxy) is 2. The first kappa shape index (κ1) is 29.1. The third kappa shape index (κ3) is 3.58. The summed E-state index contributed by atoms with van der Waals surface area (Å²) in [5, 5.41) is 20.1. The molecule has 12 atom stereocenters. The van der Waals surface area contributed by atoms with Crippen molar-refractivity contribution in [1.29, 1.82) is 0 Å². The van der Waals surface area contributed by atoms with Crippen molar-refractivity contribution in [1.82, 2.24) is 0 Å². The molecule has 6 aliphatic rings. The average molecular weight is 581 g/mol. The predicted octanol–water partition coefficient (Wildman–Crippen LogP) is 7.91. The van der Waals surface area contributed by atoms with Crippen LogP contribution in [0.4, 0.5) is 0 Å². The van der Waals surface area contributed by atoms with Crippen LogP contribution in [0.3, 0.4) is 0 Å². The Morgan fingerprint density at radius 1 is 0.929 bits per heavy atom. The Kier molecular flexibility index (Phi) is 6.54. The number of hydrogen-bond acceptors (Lipinski definition) is 5. The molecule has 5 aliphatic carbocycles. The number of aliphatic hydroxyl groups is 1. The van der Waals surface area contributed by atoms with Gasteiger partial charge in [-0.2, -0.15) is 0 Å². The first-order chi connectivity index (χ1) is 19.8. The first-order valence-corrected chi connectivity index (χ1v) is 16.7. The van der Waals surface area contributed by atoms with Gasteiger partial charge >= 0.3 is 5.97 Å². The van der Waals surface area contributed by atoms with Crippen LogP contribution in [0, 0.1) is 56.7 Å². The molecule has 6 heteroatoms. The van der Waals surface area contributed by atoms with E-state index in [1.165, 1.54) is 24.8 Å². The summed E-state index contributed by atoms with van der Waals surface area (Å²) in [6.07, 6.45) is 10.1. The monoisotopic (exact) mass is 580 g/mol. The highest BCUT2D eigenvalue weighted by molar-refractivity contribution is 5.76. The van der Waals surface area contributed by atoms with Gasteiger partial charge < -0.3 is 24.1 Å². The van der Waals surface area contributed by atoms with Crippen LogP contribution in [-0.4, -0.2) is 28.9 Å². The normalized spacial score (nSPS) is 51.4. The second kappa shape index (κ2) is 9.44. The third-order valence-electron chi connectivity index (χ3n) is 15.1. The van der Waals surface area contributed by atoms with E-state index in [1.54, 1.807) is 6.07 Å². The van der Waals surface area contributed by atoms with Gasteiger partial charge in [-0.3, -0.25) is 4.79 Å². The molecule has 232 valence electrons. The molecule has 0 radical (unpaired) electrons. The molecule has 6 fully saturated rings. The molecule has 2 N–H and O–H groups in total. The van der Waals surface area contributed by atoms with Crippen molar-refractivity contribution < 1.29 is 28.9 Å². The van der Waals surface area contributed by atoms with Crippen LogP contribution >= 0.6 is 0 Å². The lowest BCUT2D eigenvalue weighted by Crippen LogP contribution is -2.68. The zero-order valence-electron chi connectivity index (χ0n) is 26.4. The lowest BCUT2D eigenvalue weighted by molar-refractivity contribution is -0.327. The molecule has 1 aliphatic heterocycles. The topological polar surface area (TPSA) is 89.1 Å². The lowest BCUT2D eigenvalue weighted by Gasteiger charge is -2.73. The largest absolute Gasteiger partial charge is 0.481 e. The Balaban J connectivity index is 1.18. The number of carbonyl (C=O) groups is 1. The van der Waals surface area contributed by atoms with Crippen LogP contribution in [0.25, 0.3) is 0 Å². The highest BCUT2D eigenvalue weighted by Gasteiger charge is 2.72. The Morgan fingerprint density at radius 3 is 2.40 bits per heavy atom. The number of furan rings is 1. The van der Waals surface area contributed by atoms with Gasteiger partial charge in [-0.1, -0.05) is 39.8 Å². The second-order valence-corrected chi connectivity index (χ2v) is 16.4. The van der Waals surface area contributed by atoms with Crippen molar-refractivity contribution in [3.05, 3.63) is 35.8 Å². The molecular formula is C36H52O6. The Bertz CT molecular complexity index is 1270. The van der Waals surface area contributed by atoms with Gasteiger partial charge in [-0.25, -0.2) is 0 Å². The van der Waals surface area contributed by atoms with Gasteiger partial charge in [-0.15, -0.1) is 0 Å². The summed E-state index contributed by atoms with van der Waals surface area (Å²) in [6, 6.07) is 3.66. The molecule has 1 unspecified atom stereocenters. The molecule has 1 saturated heterocycles. The van der Waals surface area contributed by atoms with Gasteiger partial charge in [0, 0.05) is 5.41 Å². The first-order valence-electron chi connectivity index (χ1n) is 16.7. The van der Waals surface area contributed by atoms with Crippen molar-refractivity contribution >= 4 is 5.97 Å². The molecule has 42 heavy (non-hydrogen) atoms. The number of rotatable bonds is 4. The SMILES string of the molecule is C=C(C)[C@@H]1CC[C@]2(C(=O)O)CC[C@]3(C)[C@H](CC[C@@H]4[C@@]5(C)CC[C@@H]6OC(c7ccc(CO)o7)OC[C@@]6(C)[C@@H]5CC[C@]43C)[C@@H]12. The number of carboxylic acids is 1. The fourth-order valence-corrected chi connectivity index (χ4v) is 12.9. The molecule has 6 nitrogen and oxygen atoms in total. The van der Waals surface area contributed by atoms with Gasteiger partial charge in [0.25, 0.3) is 0 Å². The molecule has 2 heterocycles. The summed E-state index contributed by atoms with van der Waals surface area (Å²) in [4.78, 5) is 12.9. The van der Waals surface area contributed by atoms with E-state index in [1.807, 2.05) is 6.07 Å². The summed E-state index contributed by atoms with van der Waals surface area (Å²) in [7, 11) is 0. The summed E-state index contributed by atoms with van der Waals surface area (Å²) >= 11 is 0. The van der Waals surface area contributed by atoms with Gasteiger partial charge in [0.15, 0.2) is 5.76 Å². The lowest BCUT2D eigenvalue weighted by atomic mass is 9.32. The molecule has 0 amide bonds. The second-order valence-electron chi connectivity index (χ2n) is 16.4. The van der Waals surface area contributed by atoms with E-state index in [-0.39, 0.29) is 40.3 Å². The number of aliphatic hydroxyl groups excluding tert-OH is 1. The quantitative estimate of drug-likeness (QED) is 0.352. The maximum atomic E-state index is 12.9. The van der Waals surface area contributed by atoms with Crippen LogP contribution in [0.1, 0.15) is 117 Å². The molecule has 1 aromatic heterocycles. The van der Waals surface area contributed by atoms with Crippen molar-refractivity contribution in [3.8, 4) is 0 Å². The van der Waals surface area contributed by atoms with Crippen LogP contribution < -0.4 is 0 Å². The average Bonchev–Trinajstić information content (AvgIpc) is 3.59. The third-order valence-corrected chi connectivity index (χ3v) is 15.1. The number of aliphatic carboxylic acids is 1. The molecule has 0 spiro atoms. The number of carboxylic acid groups (broad SMARTS) is 1. The van der Waals surface area contributed by atoms with E-state index in [4.69, 9.17) is 13.9 Å². The number of hydrogen-bond donors (Lipinski definition) is 2. The standard InChI is InChI=1S/C36H52O6/c1-21(2)23-11-16-36(31(38)39)18-17-34(5)24(29(23)36)8-10-27-32(3)14-13-28-33(4,26(32)12-15-35(27,34)6)20-40-30(42-28)25-9-7-22(19-37)41-25/h7,9,23-24,26-30,37H,1,8,10-20H2,2-6H3,(H,38,39)/t23-,24+,26+,27+,28-,29+,30?,32-,33-,34+,35+,36-/m0/s1. The van der Waals surface area contributed by atoms with E-state index < -0.39 is 17.7 Å². The van der Waals surface area contributed by atoms with Crippen LogP contribution in [0.15, 0.2) is 28.7 Å². The van der Waals surface area contributed by atoms with E-state index in [2.05, 4.69) is 41.2 Å². The maximum Gasteiger partial charge on any atom is 0.309 e. The molecule has 1 aromatic rings. The van der Waals surface area contributed by atoms with Crippen molar-refractivity contribution in [2.24, 2.45) is 56.7 Å². The Hall–Kier alpha value is -1.63. The van der Waals surface area contributed by atoms with Crippen LogP contribution in [0.2, 0.25) is 0 Å². The minimum atomic E-state index is -0.567. The van der Waals surface area contributed by atoms with Gasteiger partial charge in [0.1, 0.15) is 12.4 Å².